The molecule has 0 unspecified atom stereocenters. The fourth-order valence-corrected chi connectivity index (χ4v) is 4.91. The summed E-state index contributed by atoms with van der Waals surface area (Å²) >= 11 is 0. The monoisotopic (exact) mass is 356 g/mol. The maximum absolute atomic E-state index is 13.0. The van der Waals surface area contributed by atoms with Crippen LogP contribution in [-0.2, 0) is 27.2 Å². The van der Waals surface area contributed by atoms with Gasteiger partial charge in [-0.05, 0) is 67.6 Å². The zero-order chi connectivity index (χ0) is 18.7. The van der Waals surface area contributed by atoms with Crippen LogP contribution in [0.1, 0.15) is 74.1 Å². The highest BCUT2D eigenvalue weighted by Crippen LogP contribution is 2.38. The van der Waals surface area contributed by atoms with Gasteiger partial charge in [0.25, 0.3) is 0 Å². The molecule has 0 bridgehead atoms. The summed E-state index contributed by atoms with van der Waals surface area (Å²) in [6, 6.07) is 4.31. The van der Waals surface area contributed by atoms with E-state index < -0.39 is 5.92 Å². The van der Waals surface area contributed by atoms with Crippen LogP contribution in [0.2, 0.25) is 0 Å². The number of rotatable bonds is 5. The number of ketones is 2. The van der Waals surface area contributed by atoms with Gasteiger partial charge in [0.2, 0.25) is 0 Å². The molecule has 0 aromatic heterocycles. The predicted octanol–water partition coefficient (Wildman–Crippen LogP) is 4.57. The second-order valence-corrected chi connectivity index (χ2v) is 8.14. The van der Waals surface area contributed by atoms with Crippen LogP contribution in [0.5, 0.6) is 0 Å². The summed E-state index contributed by atoms with van der Waals surface area (Å²) < 4.78 is 5.43. The van der Waals surface area contributed by atoms with E-state index in [0.29, 0.717) is 18.8 Å². The molecule has 3 heteroatoms. The molecule has 2 aliphatic rings. The van der Waals surface area contributed by atoms with Crippen LogP contribution in [0.15, 0.2) is 12.1 Å². The Balaban J connectivity index is 1.80. The van der Waals surface area contributed by atoms with Crippen molar-refractivity contribution >= 4 is 11.6 Å². The average molecular weight is 357 g/mol. The third-order valence-electron chi connectivity index (χ3n) is 6.18. The largest absolute Gasteiger partial charge is 0.381 e. The molecule has 1 aliphatic carbocycles. The normalized spacial score (nSPS) is 24.9. The van der Waals surface area contributed by atoms with Gasteiger partial charge in [0, 0.05) is 26.1 Å². The smallest absolute Gasteiger partial charge is 0.148 e. The molecule has 2 fully saturated rings. The lowest BCUT2D eigenvalue weighted by molar-refractivity contribution is -0.134. The lowest BCUT2D eigenvalue weighted by Gasteiger charge is -2.32. The quantitative estimate of drug-likeness (QED) is 0.726. The summed E-state index contributed by atoms with van der Waals surface area (Å²) in [5.41, 5.74) is 4.60. The maximum Gasteiger partial charge on any atom is 0.148 e. The lowest BCUT2D eigenvalue weighted by Crippen LogP contribution is -2.34. The Kier molecular flexibility index (Phi) is 6.29. The molecule has 1 heterocycles. The minimum Gasteiger partial charge on any atom is -0.381 e. The Morgan fingerprint density at radius 2 is 1.46 bits per heavy atom. The van der Waals surface area contributed by atoms with Crippen LogP contribution in [0.4, 0.5) is 0 Å². The highest BCUT2D eigenvalue weighted by Gasteiger charge is 2.39. The first-order valence-electron chi connectivity index (χ1n) is 10.3. The van der Waals surface area contributed by atoms with Crippen molar-refractivity contribution in [3.8, 4) is 0 Å². The van der Waals surface area contributed by atoms with Crippen LogP contribution < -0.4 is 0 Å². The second kappa shape index (κ2) is 8.47. The number of aryl methyl sites for hydroxylation is 3. The lowest BCUT2D eigenvalue weighted by atomic mass is 9.71. The van der Waals surface area contributed by atoms with E-state index in [-0.39, 0.29) is 17.5 Å². The highest BCUT2D eigenvalue weighted by atomic mass is 16.5. The SMILES string of the molecule is CCc1cc(C)cc(CC)c1C1C(=O)CC(CC2CCOCC2)CC1=O. The van der Waals surface area contributed by atoms with Gasteiger partial charge < -0.3 is 4.74 Å². The molecule has 0 spiro atoms. The van der Waals surface area contributed by atoms with Crippen molar-refractivity contribution in [1.29, 1.82) is 0 Å². The van der Waals surface area contributed by atoms with E-state index in [1.807, 2.05) is 0 Å². The Morgan fingerprint density at radius 3 is 1.96 bits per heavy atom. The third kappa shape index (κ3) is 4.09. The molecule has 0 amide bonds. The number of hydrogen-bond acceptors (Lipinski definition) is 3. The molecule has 1 saturated carbocycles. The van der Waals surface area contributed by atoms with Crippen molar-refractivity contribution in [3.63, 3.8) is 0 Å². The van der Waals surface area contributed by atoms with E-state index >= 15 is 0 Å². The Bertz CT molecular complexity index is 627. The maximum atomic E-state index is 13.0. The van der Waals surface area contributed by atoms with Gasteiger partial charge in [0.15, 0.2) is 0 Å². The van der Waals surface area contributed by atoms with Gasteiger partial charge in [-0.1, -0.05) is 31.5 Å². The zero-order valence-corrected chi connectivity index (χ0v) is 16.5. The Hall–Kier alpha value is -1.48. The van der Waals surface area contributed by atoms with E-state index in [4.69, 9.17) is 4.74 Å². The summed E-state index contributed by atoms with van der Waals surface area (Å²) in [5, 5.41) is 0. The first kappa shape index (κ1) is 19.3. The van der Waals surface area contributed by atoms with Crippen molar-refractivity contribution < 1.29 is 14.3 Å². The number of carbonyl (C=O) groups excluding carboxylic acids is 2. The summed E-state index contributed by atoms with van der Waals surface area (Å²) in [7, 11) is 0. The fourth-order valence-electron chi connectivity index (χ4n) is 4.91. The van der Waals surface area contributed by atoms with Crippen molar-refractivity contribution in [3.05, 3.63) is 34.4 Å². The molecule has 3 rings (SSSR count). The topological polar surface area (TPSA) is 43.4 Å². The standard InChI is InChI=1S/C23H32O3/c1-4-18-10-15(3)11-19(5-2)22(18)23-20(24)13-17(14-21(23)25)12-16-6-8-26-9-7-16/h10-11,16-17,23H,4-9,12-14H2,1-3H3. The van der Waals surface area contributed by atoms with Gasteiger partial charge in [0.1, 0.15) is 17.5 Å². The van der Waals surface area contributed by atoms with Gasteiger partial charge in [-0.3, -0.25) is 9.59 Å². The minimum absolute atomic E-state index is 0.145. The second-order valence-electron chi connectivity index (χ2n) is 8.14. The molecule has 1 aliphatic heterocycles. The molecule has 1 aromatic carbocycles. The van der Waals surface area contributed by atoms with E-state index in [9.17, 15) is 9.59 Å². The van der Waals surface area contributed by atoms with Gasteiger partial charge >= 0.3 is 0 Å². The number of ether oxygens (including phenoxy) is 1. The Labute approximate surface area is 157 Å². The van der Waals surface area contributed by atoms with E-state index in [1.165, 1.54) is 16.7 Å². The van der Waals surface area contributed by atoms with Crippen molar-refractivity contribution in [2.45, 2.75) is 71.6 Å². The number of Topliss-reactive ketones (excluding diaryl/α,β-unsaturated/α-hetero) is 2. The van der Waals surface area contributed by atoms with Crippen molar-refractivity contribution in [1.82, 2.24) is 0 Å². The van der Waals surface area contributed by atoms with Crippen LogP contribution >= 0.6 is 0 Å². The Morgan fingerprint density at radius 1 is 0.923 bits per heavy atom. The molecule has 142 valence electrons. The van der Waals surface area contributed by atoms with E-state index in [0.717, 1.165) is 50.9 Å². The van der Waals surface area contributed by atoms with E-state index in [1.54, 1.807) is 0 Å². The summed E-state index contributed by atoms with van der Waals surface area (Å²) in [6.45, 7) is 7.97. The molecule has 0 atom stereocenters. The molecule has 3 nitrogen and oxygen atoms in total. The van der Waals surface area contributed by atoms with Gasteiger partial charge in [-0.25, -0.2) is 0 Å². The number of hydrogen-bond donors (Lipinski definition) is 0. The first-order chi connectivity index (χ1) is 12.5. The fraction of sp³-hybridized carbons (Fsp3) is 0.652. The predicted molar refractivity (Wildman–Crippen MR) is 104 cm³/mol. The van der Waals surface area contributed by atoms with Crippen LogP contribution in [0.25, 0.3) is 0 Å². The molecule has 0 N–H and O–H groups in total. The molecular formula is C23H32O3. The number of benzene rings is 1. The minimum atomic E-state index is -0.522. The van der Waals surface area contributed by atoms with Gasteiger partial charge in [-0.2, -0.15) is 0 Å². The van der Waals surface area contributed by atoms with Gasteiger partial charge in [0.05, 0.1) is 0 Å². The summed E-state index contributed by atoms with van der Waals surface area (Å²) in [6.07, 6.45) is 6.00. The number of carbonyl (C=O) groups is 2. The summed E-state index contributed by atoms with van der Waals surface area (Å²) in [4.78, 5) is 26.1. The molecule has 26 heavy (non-hydrogen) atoms. The average Bonchev–Trinajstić information content (AvgIpc) is 2.62. The van der Waals surface area contributed by atoms with Gasteiger partial charge in [-0.15, -0.1) is 0 Å². The van der Waals surface area contributed by atoms with Crippen LogP contribution in [-0.4, -0.2) is 24.8 Å². The van der Waals surface area contributed by atoms with Crippen molar-refractivity contribution in [2.24, 2.45) is 11.8 Å². The van der Waals surface area contributed by atoms with Crippen LogP contribution in [0, 0.1) is 18.8 Å². The molecule has 1 saturated heterocycles. The summed E-state index contributed by atoms with van der Waals surface area (Å²) in [5.74, 6) is 0.613. The van der Waals surface area contributed by atoms with E-state index in [2.05, 4.69) is 32.9 Å². The first-order valence-corrected chi connectivity index (χ1v) is 10.3. The van der Waals surface area contributed by atoms with Crippen molar-refractivity contribution in [2.75, 3.05) is 13.2 Å². The molecule has 0 radical (unpaired) electrons. The highest BCUT2D eigenvalue weighted by molar-refractivity contribution is 6.10. The zero-order valence-electron chi connectivity index (χ0n) is 16.5. The molecular weight excluding hydrogens is 324 g/mol. The van der Waals surface area contributed by atoms with Crippen LogP contribution in [0.3, 0.4) is 0 Å². The molecule has 1 aromatic rings. The third-order valence-corrected chi connectivity index (χ3v) is 6.18.